The Kier molecular flexibility index (Phi) is 1.24. The number of aryl methyl sites for hydroxylation is 1. The van der Waals surface area contributed by atoms with Crippen molar-refractivity contribution in [1.29, 1.82) is 0 Å². The van der Waals surface area contributed by atoms with Gasteiger partial charge in [0, 0.05) is 11.4 Å². The largest absolute Gasteiger partial charge is 0.332 e. The van der Waals surface area contributed by atoms with Crippen LogP contribution in [-0.2, 0) is 13.0 Å². The molecule has 0 aromatic carbocycles. The van der Waals surface area contributed by atoms with Crippen LogP contribution in [0.15, 0.2) is 12.1 Å². The summed E-state index contributed by atoms with van der Waals surface area (Å²) in [6, 6.07) is 4.02. The smallest absolute Gasteiger partial charge is 0.326 e. The van der Waals surface area contributed by atoms with Gasteiger partial charge >= 0.3 is 6.03 Å². The van der Waals surface area contributed by atoms with Crippen molar-refractivity contribution in [1.82, 2.24) is 9.88 Å². The van der Waals surface area contributed by atoms with E-state index in [1.807, 2.05) is 19.1 Å². The highest BCUT2D eigenvalue weighted by Gasteiger charge is 2.19. The summed E-state index contributed by atoms with van der Waals surface area (Å²) in [5.41, 5.74) is 2.17. The number of hydrogen-bond acceptors (Lipinski definition) is 1. The highest BCUT2D eigenvalue weighted by atomic mass is 16.2. The fraction of sp³-hybridized carbons (Fsp3) is 0.375. The minimum atomic E-state index is 0.0156. The SMILES string of the molecule is CCc1ccc2n1C(=O)NC2. The van der Waals surface area contributed by atoms with Gasteiger partial charge in [-0.2, -0.15) is 0 Å². The van der Waals surface area contributed by atoms with Gasteiger partial charge in [0.25, 0.3) is 0 Å². The average Bonchev–Trinajstić information content (AvgIpc) is 2.54. The van der Waals surface area contributed by atoms with Gasteiger partial charge in [-0.25, -0.2) is 4.79 Å². The van der Waals surface area contributed by atoms with E-state index in [0.717, 1.165) is 17.8 Å². The number of hydrogen-bond donors (Lipinski definition) is 1. The van der Waals surface area contributed by atoms with E-state index in [-0.39, 0.29) is 6.03 Å². The van der Waals surface area contributed by atoms with Gasteiger partial charge in [0.05, 0.1) is 6.54 Å². The molecular formula is C8H10N2O. The maximum absolute atomic E-state index is 11.2. The van der Waals surface area contributed by atoms with Crippen LogP contribution in [0.25, 0.3) is 0 Å². The van der Waals surface area contributed by atoms with E-state index in [1.54, 1.807) is 4.57 Å². The number of carbonyl (C=O) groups excluding carboxylic acids is 1. The molecule has 1 aliphatic rings. The van der Waals surface area contributed by atoms with Crippen LogP contribution in [0.4, 0.5) is 4.79 Å². The quantitative estimate of drug-likeness (QED) is 0.639. The highest BCUT2D eigenvalue weighted by Crippen LogP contribution is 2.13. The first-order valence-corrected chi connectivity index (χ1v) is 3.80. The van der Waals surface area contributed by atoms with E-state index >= 15 is 0 Å². The van der Waals surface area contributed by atoms with Crippen molar-refractivity contribution in [3.05, 3.63) is 23.5 Å². The molecule has 0 saturated carbocycles. The Balaban J connectivity index is 2.54. The number of aromatic nitrogens is 1. The molecule has 0 fully saturated rings. The zero-order valence-corrected chi connectivity index (χ0v) is 6.42. The Labute approximate surface area is 65.0 Å². The third kappa shape index (κ3) is 0.770. The van der Waals surface area contributed by atoms with Crippen LogP contribution in [0.3, 0.4) is 0 Å². The molecule has 1 aromatic heterocycles. The Bertz CT molecular complexity index is 301. The minimum absolute atomic E-state index is 0.0156. The van der Waals surface area contributed by atoms with Crippen molar-refractivity contribution in [2.24, 2.45) is 0 Å². The molecule has 11 heavy (non-hydrogen) atoms. The first kappa shape index (κ1) is 6.46. The third-order valence-electron chi connectivity index (χ3n) is 2.03. The molecule has 1 amide bonds. The van der Waals surface area contributed by atoms with E-state index in [4.69, 9.17) is 0 Å². The Morgan fingerprint density at radius 2 is 2.45 bits per heavy atom. The molecule has 0 aliphatic carbocycles. The van der Waals surface area contributed by atoms with E-state index in [0.29, 0.717) is 6.54 Å². The molecule has 0 saturated heterocycles. The van der Waals surface area contributed by atoms with Gasteiger partial charge in [-0.3, -0.25) is 4.57 Å². The van der Waals surface area contributed by atoms with Gasteiger partial charge in [-0.05, 0) is 18.6 Å². The summed E-state index contributed by atoms with van der Waals surface area (Å²) in [5, 5.41) is 2.76. The Morgan fingerprint density at radius 3 is 3.18 bits per heavy atom. The first-order chi connectivity index (χ1) is 5.33. The van der Waals surface area contributed by atoms with E-state index < -0.39 is 0 Å². The van der Waals surface area contributed by atoms with Crippen LogP contribution in [0.2, 0.25) is 0 Å². The van der Waals surface area contributed by atoms with Gasteiger partial charge in [0.15, 0.2) is 0 Å². The summed E-state index contributed by atoms with van der Waals surface area (Å²) in [4.78, 5) is 11.2. The van der Waals surface area contributed by atoms with Crippen LogP contribution in [0.1, 0.15) is 18.3 Å². The molecule has 1 N–H and O–H groups in total. The van der Waals surface area contributed by atoms with Crippen LogP contribution < -0.4 is 5.32 Å². The molecule has 3 heteroatoms. The van der Waals surface area contributed by atoms with Gasteiger partial charge in [-0.1, -0.05) is 6.92 Å². The predicted octanol–water partition coefficient (Wildman–Crippen LogP) is 1.12. The van der Waals surface area contributed by atoms with Crippen LogP contribution in [-0.4, -0.2) is 10.6 Å². The Morgan fingerprint density at radius 1 is 1.64 bits per heavy atom. The van der Waals surface area contributed by atoms with E-state index in [9.17, 15) is 4.79 Å². The summed E-state index contributed by atoms with van der Waals surface area (Å²) >= 11 is 0. The van der Waals surface area contributed by atoms with E-state index in [2.05, 4.69) is 5.32 Å². The fourth-order valence-corrected chi connectivity index (χ4v) is 1.45. The molecule has 2 heterocycles. The van der Waals surface area contributed by atoms with E-state index in [1.165, 1.54) is 0 Å². The lowest BCUT2D eigenvalue weighted by atomic mass is 10.3. The number of nitrogens with one attached hydrogen (secondary N) is 1. The number of rotatable bonds is 1. The third-order valence-corrected chi connectivity index (χ3v) is 2.03. The number of nitrogens with zero attached hydrogens (tertiary/aromatic N) is 1. The standard InChI is InChI=1S/C8H10N2O/c1-2-6-3-4-7-5-9-8(11)10(6)7/h3-4H,2,5H2,1H3,(H,9,11). The van der Waals surface area contributed by atoms with Crippen molar-refractivity contribution in [2.75, 3.05) is 0 Å². The van der Waals surface area contributed by atoms with Crippen LogP contribution in [0.5, 0.6) is 0 Å². The monoisotopic (exact) mass is 150 g/mol. The molecule has 1 aliphatic heterocycles. The molecule has 0 radical (unpaired) electrons. The molecule has 2 rings (SSSR count). The van der Waals surface area contributed by atoms with Crippen LogP contribution in [0, 0.1) is 0 Å². The van der Waals surface area contributed by atoms with Crippen molar-refractivity contribution >= 4 is 6.03 Å². The normalized spacial score (nSPS) is 14.8. The van der Waals surface area contributed by atoms with Crippen LogP contribution >= 0.6 is 0 Å². The summed E-state index contributed by atoms with van der Waals surface area (Å²) < 4.78 is 1.75. The summed E-state index contributed by atoms with van der Waals surface area (Å²) in [7, 11) is 0. The molecular weight excluding hydrogens is 140 g/mol. The number of carbonyl (C=O) groups is 1. The summed E-state index contributed by atoms with van der Waals surface area (Å²) in [6.45, 7) is 2.73. The van der Waals surface area contributed by atoms with Gasteiger partial charge in [0.2, 0.25) is 0 Å². The maximum Gasteiger partial charge on any atom is 0.326 e. The molecule has 0 spiro atoms. The molecule has 0 atom stereocenters. The van der Waals surface area contributed by atoms with Crippen molar-refractivity contribution in [3.63, 3.8) is 0 Å². The average molecular weight is 150 g/mol. The predicted molar refractivity (Wildman–Crippen MR) is 41.4 cm³/mol. The Hall–Kier alpha value is -1.25. The van der Waals surface area contributed by atoms with Crippen molar-refractivity contribution in [3.8, 4) is 0 Å². The lowest BCUT2D eigenvalue weighted by Crippen LogP contribution is -2.18. The van der Waals surface area contributed by atoms with Gasteiger partial charge in [-0.15, -0.1) is 0 Å². The lowest BCUT2D eigenvalue weighted by Gasteiger charge is -1.98. The molecule has 0 bridgehead atoms. The minimum Gasteiger partial charge on any atom is -0.332 e. The fourth-order valence-electron chi connectivity index (χ4n) is 1.45. The second-order valence-corrected chi connectivity index (χ2v) is 2.66. The lowest BCUT2D eigenvalue weighted by molar-refractivity contribution is 0.246. The number of amides is 1. The zero-order chi connectivity index (χ0) is 7.84. The number of fused-ring (bicyclic) bond motifs is 1. The molecule has 3 nitrogen and oxygen atoms in total. The molecule has 0 unspecified atom stereocenters. The second-order valence-electron chi connectivity index (χ2n) is 2.66. The topological polar surface area (TPSA) is 34.0 Å². The van der Waals surface area contributed by atoms with Gasteiger partial charge < -0.3 is 5.32 Å². The summed E-state index contributed by atoms with van der Waals surface area (Å²) in [5.74, 6) is 0. The molecule has 58 valence electrons. The summed E-state index contributed by atoms with van der Waals surface area (Å²) in [6.07, 6.45) is 0.910. The van der Waals surface area contributed by atoms with Gasteiger partial charge in [0.1, 0.15) is 0 Å². The highest BCUT2D eigenvalue weighted by molar-refractivity contribution is 5.81. The second kappa shape index (κ2) is 2.12. The van der Waals surface area contributed by atoms with Crippen molar-refractivity contribution < 1.29 is 4.79 Å². The zero-order valence-electron chi connectivity index (χ0n) is 6.42. The maximum atomic E-state index is 11.2. The molecule has 1 aromatic rings. The first-order valence-electron chi connectivity index (χ1n) is 3.80. The van der Waals surface area contributed by atoms with Crippen molar-refractivity contribution in [2.45, 2.75) is 19.9 Å².